The van der Waals surface area contributed by atoms with Crippen LogP contribution >= 0.6 is 11.6 Å². The minimum Gasteiger partial charge on any atom is -0.353 e. The number of halogens is 1. The van der Waals surface area contributed by atoms with Gasteiger partial charge in [-0.05, 0) is 55.5 Å². The maximum Gasteiger partial charge on any atom is 0.238 e. The van der Waals surface area contributed by atoms with Gasteiger partial charge in [-0.3, -0.25) is 14.5 Å². The molecule has 1 aliphatic carbocycles. The Hall–Kier alpha value is -2.37. The third-order valence-electron chi connectivity index (χ3n) is 5.91. The second kappa shape index (κ2) is 8.56. The van der Waals surface area contributed by atoms with Gasteiger partial charge in [0, 0.05) is 29.8 Å². The van der Waals surface area contributed by atoms with Crippen molar-refractivity contribution < 1.29 is 9.59 Å². The molecule has 0 spiro atoms. The molecule has 0 bridgehead atoms. The molecule has 2 aliphatic rings. The fourth-order valence-electron chi connectivity index (χ4n) is 4.04. The molecular formula is C23H26ClN3O2. The first-order valence-corrected chi connectivity index (χ1v) is 10.6. The average molecular weight is 412 g/mol. The van der Waals surface area contributed by atoms with Crippen molar-refractivity contribution in [1.82, 2.24) is 10.2 Å². The van der Waals surface area contributed by atoms with Crippen molar-refractivity contribution in [2.45, 2.75) is 37.1 Å². The number of benzene rings is 2. The van der Waals surface area contributed by atoms with Gasteiger partial charge in [0.2, 0.25) is 11.8 Å². The Bertz CT molecular complexity index is 875. The molecule has 6 heteroatoms. The molecule has 0 unspecified atom stereocenters. The van der Waals surface area contributed by atoms with Crippen molar-refractivity contribution in [2.75, 3.05) is 25.0 Å². The van der Waals surface area contributed by atoms with Gasteiger partial charge < -0.3 is 10.6 Å². The van der Waals surface area contributed by atoms with E-state index in [1.54, 1.807) is 0 Å². The van der Waals surface area contributed by atoms with Gasteiger partial charge in [0.05, 0.1) is 12.0 Å². The zero-order valence-electron chi connectivity index (χ0n) is 16.4. The van der Waals surface area contributed by atoms with Gasteiger partial charge >= 0.3 is 0 Å². The van der Waals surface area contributed by atoms with Gasteiger partial charge in [-0.25, -0.2) is 0 Å². The molecule has 1 heterocycles. The number of piperidine rings is 1. The van der Waals surface area contributed by atoms with E-state index in [4.69, 9.17) is 11.6 Å². The number of rotatable bonds is 6. The summed E-state index contributed by atoms with van der Waals surface area (Å²) in [4.78, 5) is 27.3. The highest BCUT2D eigenvalue weighted by Gasteiger charge is 2.51. The molecule has 2 aromatic rings. The number of para-hydroxylation sites is 1. The summed E-state index contributed by atoms with van der Waals surface area (Å²) >= 11 is 6.11. The predicted octanol–water partition coefficient (Wildman–Crippen LogP) is 3.59. The van der Waals surface area contributed by atoms with E-state index in [1.165, 1.54) is 0 Å². The molecule has 1 saturated heterocycles. The van der Waals surface area contributed by atoms with E-state index in [1.807, 2.05) is 54.6 Å². The number of hydrogen-bond donors (Lipinski definition) is 2. The summed E-state index contributed by atoms with van der Waals surface area (Å²) in [7, 11) is 0. The Balaban J connectivity index is 1.25. The quantitative estimate of drug-likeness (QED) is 0.763. The van der Waals surface area contributed by atoms with Gasteiger partial charge in [-0.1, -0.05) is 41.9 Å². The molecular weight excluding hydrogens is 386 g/mol. The molecule has 5 nitrogen and oxygen atoms in total. The van der Waals surface area contributed by atoms with Crippen LogP contribution < -0.4 is 10.6 Å². The number of nitrogens with one attached hydrogen (secondary N) is 2. The van der Waals surface area contributed by atoms with E-state index in [2.05, 4.69) is 15.5 Å². The Morgan fingerprint density at radius 1 is 1.03 bits per heavy atom. The van der Waals surface area contributed by atoms with Crippen LogP contribution in [0.25, 0.3) is 0 Å². The van der Waals surface area contributed by atoms with E-state index >= 15 is 0 Å². The summed E-state index contributed by atoms with van der Waals surface area (Å²) in [6.45, 7) is 1.98. The minimum absolute atomic E-state index is 0.00317. The molecule has 0 radical (unpaired) electrons. The smallest absolute Gasteiger partial charge is 0.238 e. The molecule has 4 rings (SSSR count). The van der Waals surface area contributed by atoms with Crippen molar-refractivity contribution in [3.05, 3.63) is 65.2 Å². The van der Waals surface area contributed by atoms with Crippen molar-refractivity contribution >= 4 is 29.1 Å². The third kappa shape index (κ3) is 4.80. The first kappa shape index (κ1) is 19.9. The van der Waals surface area contributed by atoms with Crippen LogP contribution in [0.1, 0.15) is 31.2 Å². The zero-order valence-corrected chi connectivity index (χ0v) is 17.1. The molecule has 0 aromatic heterocycles. The SMILES string of the molecule is O=C(CN1CCC(NC(=O)C2(c3cccc(Cl)c3)CC2)CC1)Nc1ccccc1. The Labute approximate surface area is 176 Å². The summed E-state index contributed by atoms with van der Waals surface area (Å²) in [5.41, 5.74) is 1.42. The Morgan fingerprint density at radius 2 is 1.76 bits per heavy atom. The lowest BCUT2D eigenvalue weighted by Gasteiger charge is -2.32. The van der Waals surface area contributed by atoms with Crippen molar-refractivity contribution in [3.8, 4) is 0 Å². The molecule has 0 atom stereocenters. The largest absolute Gasteiger partial charge is 0.353 e. The van der Waals surface area contributed by atoms with E-state index < -0.39 is 5.41 Å². The zero-order chi connectivity index (χ0) is 20.3. The number of anilines is 1. The second-order valence-electron chi connectivity index (χ2n) is 8.03. The lowest BCUT2D eigenvalue weighted by molar-refractivity contribution is -0.125. The van der Waals surface area contributed by atoms with Crippen LogP contribution in [0.3, 0.4) is 0 Å². The second-order valence-corrected chi connectivity index (χ2v) is 8.47. The van der Waals surface area contributed by atoms with Crippen LogP contribution in [0.5, 0.6) is 0 Å². The maximum atomic E-state index is 12.9. The van der Waals surface area contributed by atoms with Gasteiger partial charge in [0.25, 0.3) is 0 Å². The van der Waals surface area contributed by atoms with Gasteiger partial charge in [0.1, 0.15) is 0 Å². The molecule has 2 N–H and O–H groups in total. The van der Waals surface area contributed by atoms with Crippen molar-refractivity contribution in [3.63, 3.8) is 0 Å². The number of hydrogen-bond acceptors (Lipinski definition) is 3. The van der Waals surface area contributed by atoms with Crippen LogP contribution in [0, 0.1) is 0 Å². The molecule has 152 valence electrons. The Morgan fingerprint density at radius 3 is 2.41 bits per heavy atom. The van der Waals surface area contributed by atoms with Gasteiger partial charge in [-0.15, -0.1) is 0 Å². The number of likely N-dealkylation sites (tertiary alicyclic amines) is 1. The Kier molecular flexibility index (Phi) is 5.88. The molecule has 1 saturated carbocycles. The standard InChI is InChI=1S/C23H26ClN3O2/c24-18-6-4-5-17(15-18)23(11-12-23)22(29)26-20-9-13-27(14-10-20)16-21(28)25-19-7-2-1-3-8-19/h1-8,15,20H,9-14,16H2,(H,25,28)(H,26,29). The summed E-state index contributed by atoms with van der Waals surface area (Å²) in [6, 6.07) is 17.3. The molecule has 29 heavy (non-hydrogen) atoms. The first-order valence-electron chi connectivity index (χ1n) is 10.2. The van der Waals surface area contributed by atoms with E-state index in [0.717, 1.165) is 50.0 Å². The third-order valence-corrected chi connectivity index (χ3v) is 6.14. The number of carbonyl (C=O) groups excluding carboxylic acids is 2. The lowest BCUT2D eigenvalue weighted by atomic mass is 9.94. The van der Waals surface area contributed by atoms with Crippen molar-refractivity contribution in [1.29, 1.82) is 0 Å². The number of nitrogens with zero attached hydrogens (tertiary/aromatic N) is 1. The average Bonchev–Trinajstić information content (AvgIpc) is 3.52. The summed E-state index contributed by atoms with van der Waals surface area (Å²) < 4.78 is 0. The topological polar surface area (TPSA) is 61.4 Å². The van der Waals surface area contributed by atoms with E-state index in [-0.39, 0.29) is 17.9 Å². The predicted molar refractivity (Wildman–Crippen MR) is 115 cm³/mol. The number of amides is 2. The number of carbonyl (C=O) groups is 2. The molecule has 1 aliphatic heterocycles. The first-order chi connectivity index (χ1) is 14.0. The fraction of sp³-hybridized carbons (Fsp3) is 0.391. The molecule has 2 aromatic carbocycles. The highest BCUT2D eigenvalue weighted by Crippen LogP contribution is 2.49. The monoisotopic (exact) mass is 411 g/mol. The van der Waals surface area contributed by atoms with Crippen LogP contribution in [0.15, 0.2) is 54.6 Å². The van der Waals surface area contributed by atoms with Gasteiger partial charge in [0.15, 0.2) is 0 Å². The fourth-order valence-corrected chi connectivity index (χ4v) is 4.23. The normalized spacial score (nSPS) is 18.8. The molecule has 2 amide bonds. The van der Waals surface area contributed by atoms with Crippen LogP contribution in [0.2, 0.25) is 5.02 Å². The van der Waals surface area contributed by atoms with E-state index in [0.29, 0.717) is 11.6 Å². The summed E-state index contributed by atoms with van der Waals surface area (Å²) in [5.74, 6) is 0.108. The van der Waals surface area contributed by atoms with Crippen LogP contribution in [-0.2, 0) is 15.0 Å². The van der Waals surface area contributed by atoms with Crippen molar-refractivity contribution in [2.24, 2.45) is 0 Å². The molecule has 2 fully saturated rings. The summed E-state index contributed by atoms with van der Waals surface area (Å²) in [5, 5.41) is 6.84. The highest BCUT2D eigenvalue weighted by atomic mass is 35.5. The van der Waals surface area contributed by atoms with E-state index in [9.17, 15) is 9.59 Å². The van der Waals surface area contributed by atoms with Crippen LogP contribution in [0.4, 0.5) is 5.69 Å². The van der Waals surface area contributed by atoms with Crippen LogP contribution in [-0.4, -0.2) is 42.4 Å². The summed E-state index contributed by atoms with van der Waals surface area (Å²) in [6.07, 6.45) is 3.46. The van der Waals surface area contributed by atoms with Gasteiger partial charge in [-0.2, -0.15) is 0 Å². The lowest BCUT2D eigenvalue weighted by Crippen LogP contribution is -2.48. The highest BCUT2D eigenvalue weighted by molar-refractivity contribution is 6.30. The minimum atomic E-state index is -0.405. The maximum absolute atomic E-state index is 12.9.